The molecule has 0 radical (unpaired) electrons. The largest absolute Gasteiger partial charge is 1.00 e. The van der Waals surface area contributed by atoms with Crippen molar-refractivity contribution >= 4 is 6.16 Å². The van der Waals surface area contributed by atoms with Crippen LogP contribution in [-0.4, -0.2) is 11.3 Å². The maximum atomic E-state index is 8.44. The third-order valence-corrected chi connectivity index (χ3v) is 0. The van der Waals surface area contributed by atoms with E-state index in [0.717, 1.165) is 0 Å². The Morgan fingerprint density at radius 2 is 1.33 bits per heavy atom. The van der Waals surface area contributed by atoms with Crippen LogP contribution < -0.4 is 73.5 Å². The molecule has 44 valence electrons. The summed E-state index contributed by atoms with van der Waals surface area (Å²) in [4.78, 5) is 8.44. The van der Waals surface area contributed by atoms with Gasteiger partial charge in [0.15, 0.2) is 0 Å². The van der Waals surface area contributed by atoms with E-state index in [0.29, 0.717) is 0 Å². The minimum atomic E-state index is -2.08. The van der Waals surface area contributed by atoms with Crippen molar-refractivity contribution in [2.45, 2.75) is 0 Å². The van der Waals surface area contributed by atoms with E-state index in [1.165, 1.54) is 0 Å². The molecule has 0 aliphatic heterocycles. The van der Waals surface area contributed by atoms with Crippen LogP contribution >= 0.6 is 0 Å². The van der Waals surface area contributed by atoms with Gasteiger partial charge in [0.05, 0.1) is 11.3 Å². The Balaban J connectivity index is -0.0000000233. The third kappa shape index (κ3) is 242. The maximum Gasteiger partial charge on any atom is 1.00 e. The van der Waals surface area contributed by atoms with Gasteiger partial charge in [-0.1, -0.05) is 0 Å². The zero-order valence-corrected chi connectivity index (χ0v) is 9.71. The summed E-state index contributed by atoms with van der Waals surface area (Å²) in [6.07, 6.45) is -2.08. The predicted octanol–water partition coefficient (Wildman–Crippen LogP) is -9.48. The van der Waals surface area contributed by atoms with Gasteiger partial charge in [-0.2, -0.15) is 0 Å². The summed E-state index contributed by atoms with van der Waals surface area (Å²) >= 11 is -0.417. The van der Waals surface area contributed by atoms with Gasteiger partial charge in [0.25, 0.3) is 0 Å². The molecule has 8 heteroatoms. The molecule has 0 spiro atoms. The Hall–Kier alpha value is 1.48. The van der Waals surface area contributed by atoms with Crippen LogP contribution in [0, 0.1) is 11.3 Å². The molecule has 5 nitrogen and oxygen atoms in total. The van der Waals surface area contributed by atoms with Crippen molar-refractivity contribution in [2.75, 3.05) is 0 Å². The number of halogens is 1. The van der Waals surface area contributed by atoms with Gasteiger partial charge < -0.3 is 24.3 Å². The molecule has 0 atom stereocenters. The normalized spacial score (nSPS) is 4.67. The molecular weight excluding hydrogens is 173 g/mol. The molecule has 0 aromatic rings. The maximum absolute atomic E-state index is 8.44. The molecule has 0 aliphatic rings. The van der Waals surface area contributed by atoms with Crippen LogP contribution in [0.5, 0.6) is 0 Å². The van der Waals surface area contributed by atoms with E-state index >= 15 is 0 Å². The van der Waals surface area contributed by atoms with Gasteiger partial charge >= 0.3 is 59.1 Å². The average molecular weight is 174 g/mol. The van der Waals surface area contributed by atoms with E-state index in [2.05, 4.69) is 0 Å². The van der Waals surface area contributed by atoms with E-state index in [9.17, 15) is 0 Å². The molecule has 1 N–H and O–H groups in total. The molecule has 0 unspecified atom stereocenters. The standard InChI is InChI=1S/CH2O3.ClO2.2Na/c2-1(3)4;2-1-3;;/h(H2,2,3,4);;;/q;-1;2*+1/p-1. The van der Waals surface area contributed by atoms with Crippen molar-refractivity contribution < 1.29 is 94.8 Å². The van der Waals surface area contributed by atoms with E-state index in [1.807, 2.05) is 0 Å². The molecule has 0 fully saturated rings. The van der Waals surface area contributed by atoms with E-state index in [4.69, 9.17) is 24.3 Å². The molecule has 0 amide bonds. The Bertz CT molecular complexity index is 46.2. The summed E-state index contributed by atoms with van der Waals surface area (Å²) in [5.41, 5.74) is 0. The Morgan fingerprint density at radius 1 is 1.33 bits per heavy atom. The minimum absolute atomic E-state index is 0. The van der Waals surface area contributed by atoms with Crippen LogP contribution in [0.4, 0.5) is 4.79 Å². The van der Waals surface area contributed by atoms with Gasteiger partial charge in [0.1, 0.15) is 0 Å². The molecule has 0 rings (SSSR count). The van der Waals surface area contributed by atoms with Crippen molar-refractivity contribution in [3.8, 4) is 0 Å². The topological polar surface area (TPSA) is 106 Å². The number of hydrogen-bond donors (Lipinski definition) is 1. The SMILES string of the molecule is O=C([O-])O.[Na+].[Na+].[O-][Cl+][O-]. The van der Waals surface area contributed by atoms with Crippen LogP contribution in [0.15, 0.2) is 0 Å². The summed E-state index contributed by atoms with van der Waals surface area (Å²) in [6.45, 7) is 0. The van der Waals surface area contributed by atoms with Crippen LogP contribution in [-0.2, 0) is 0 Å². The summed E-state index contributed by atoms with van der Waals surface area (Å²) in [5, 5.41) is 15.3. The zero-order chi connectivity index (χ0) is 6.28. The van der Waals surface area contributed by atoms with Crippen LogP contribution in [0.2, 0.25) is 0 Å². The van der Waals surface area contributed by atoms with E-state index in [1.54, 1.807) is 0 Å². The molecule has 0 aromatic carbocycles. The van der Waals surface area contributed by atoms with Crippen LogP contribution in [0.25, 0.3) is 0 Å². The Morgan fingerprint density at radius 3 is 1.33 bits per heavy atom. The summed E-state index contributed by atoms with van der Waals surface area (Å²) < 4.78 is 16.5. The van der Waals surface area contributed by atoms with Crippen molar-refractivity contribution in [1.29, 1.82) is 0 Å². The molecule has 0 aromatic heterocycles. The Labute approximate surface area is 99.7 Å². The van der Waals surface area contributed by atoms with Gasteiger partial charge in [-0.3, -0.25) is 0 Å². The Kier molecular flexibility index (Phi) is 56.6. The van der Waals surface area contributed by atoms with Crippen molar-refractivity contribution in [3.63, 3.8) is 0 Å². The van der Waals surface area contributed by atoms with Crippen molar-refractivity contribution in [2.24, 2.45) is 0 Å². The zero-order valence-electron chi connectivity index (χ0n) is 4.96. The van der Waals surface area contributed by atoms with Gasteiger partial charge in [-0.25, -0.2) is 0 Å². The van der Waals surface area contributed by atoms with Gasteiger partial charge in [0, 0.05) is 0 Å². The molecule has 0 aliphatic carbocycles. The first kappa shape index (κ1) is 22.4. The fourth-order valence-electron chi connectivity index (χ4n) is 0. The number of carbonyl (C=O) groups is 1. The fourth-order valence-corrected chi connectivity index (χ4v) is 0. The van der Waals surface area contributed by atoms with Gasteiger partial charge in [-0.15, -0.1) is 0 Å². The van der Waals surface area contributed by atoms with Crippen LogP contribution in [0.3, 0.4) is 0 Å². The first-order valence-electron chi connectivity index (χ1n) is 0.940. The molecule has 0 heterocycles. The van der Waals surface area contributed by atoms with Gasteiger partial charge in [-0.05, 0) is 0 Å². The number of rotatable bonds is 0. The molecule has 0 saturated carbocycles. The second-order valence-corrected chi connectivity index (χ2v) is 0.455. The third-order valence-electron chi connectivity index (χ3n) is 0. The van der Waals surface area contributed by atoms with Crippen molar-refractivity contribution in [3.05, 3.63) is 0 Å². The monoisotopic (exact) mass is 174 g/mol. The summed E-state index contributed by atoms with van der Waals surface area (Å²) in [5.74, 6) is 0. The average Bonchev–Trinajstić information content (AvgIpc) is 1.33. The smallest absolute Gasteiger partial charge is 0.565 e. The molecular formula is CHClNa2O5. The second-order valence-electron chi connectivity index (χ2n) is 0.329. The number of carboxylic acid groups (broad SMARTS) is 2. The predicted molar refractivity (Wildman–Crippen MR) is 8.02 cm³/mol. The van der Waals surface area contributed by atoms with Gasteiger partial charge in [0.2, 0.25) is 6.16 Å². The quantitative estimate of drug-likeness (QED) is 0.367. The van der Waals surface area contributed by atoms with E-state index < -0.39 is 17.5 Å². The fraction of sp³-hybridized carbons (Fsp3) is 0. The summed E-state index contributed by atoms with van der Waals surface area (Å²) in [7, 11) is 0. The van der Waals surface area contributed by atoms with Crippen LogP contribution in [0.1, 0.15) is 0 Å². The first-order chi connectivity index (χ1) is 3.15. The first-order valence-corrected chi connectivity index (χ1v) is 1.56. The number of hydrogen-bond acceptors (Lipinski definition) is 4. The minimum Gasteiger partial charge on any atom is -0.565 e. The molecule has 9 heavy (non-hydrogen) atoms. The second kappa shape index (κ2) is 22.7. The molecule has 0 bridgehead atoms. The molecule has 0 saturated heterocycles. The van der Waals surface area contributed by atoms with Crippen molar-refractivity contribution in [1.82, 2.24) is 0 Å². The van der Waals surface area contributed by atoms with E-state index in [-0.39, 0.29) is 59.1 Å². The summed E-state index contributed by atoms with van der Waals surface area (Å²) in [6, 6.07) is 0.